The summed E-state index contributed by atoms with van der Waals surface area (Å²) in [6.07, 6.45) is 1.39. The van der Waals surface area contributed by atoms with Crippen LogP contribution in [0.1, 0.15) is 33.6 Å². The number of rotatable bonds is 0. The van der Waals surface area contributed by atoms with E-state index in [0.29, 0.717) is 30.1 Å². The van der Waals surface area contributed by atoms with Gasteiger partial charge in [-0.25, -0.2) is 14.2 Å². The molecule has 3 aliphatic heterocycles. The number of carbonyl (C=O) groups excluding carboxylic acids is 1. The van der Waals surface area contributed by atoms with E-state index in [9.17, 15) is 9.18 Å². The van der Waals surface area contributed by atoms with Crippen molar-refractivity contribution in [1.29, 1.82) is 0 Å². The number of hydrogen-bond acceptors (Lipinski definition) is 6. The molecule has 30 heavy (non-hydrogen) atoms. The number of anilines is 1. The summed E-state index contributed by atoms with van der Waals surface area (Å²) >= 11 is 9.40. The first-order valence-corrected chi connectivity index (χ1v) is 11.1. The molecule has 2 fully saturated rings. The molecule has 2 bridgehead atoms. The Balaban J connectivity index is 1.59. The highest BCUT2D eigenvalue weighted by atomic mass is 79.9. The van der Waals surface area contributed by atoms with Crippen molar-refractivity contribution in [2.24, 2.45) is 0 Å². The summed E-state index contributed by atoms with van der Waals surface area (Å²) in [4.78, 5) is 25.4. The largest absolute Gasteiger partial charge is 0.490 e. The molecule has 10 heteroatoms. The first-order chi connectivity index (χ1) is 14.1. The molecule has 0 N–H and O–H groups in total. The summed E-state index contributed by atoms with van der Waals surface area (Å²) in [6.45, 7) is 6.46. The lowest BCUT2D eigenvalue weighted by Crippen LogP contribution is -2.63. The predicted octanol–water partition coefficient (Wildman–Crippen LogP) is 4.53. The van der Waals surface area contributed by atoms with E-state index in [1.165, 1.54) is 0 Å². The molecule has 0 radical (unpaired) electrons. The molecule has 0 aliphatic carbocycles. The number of nitrogens with zero attached hydrogens (tertiary/aromatic N) is 4. The van der Waals surface area contributed by atoms with Gasteiger partial charge in [-0.15, -0.1) is 0 Å². The highest BCUT2D eigenvalue weighted by molar-refractivity contribution is 9.10. The predicted molar refractivity (Wildman–Crippen MR) is 114 cm³/mol. The van der Waals surface area contributed by atoms with Gasteiger partial charge in [0.05, 0.1) is 28.0 Å². The van der Waals surface area contributed by atoms with Crippen LogP contribution in [0.4, 0.5) is 15.0 Å². The van der Waals surface area contributed by atoms with E-state index >= 15 is 0 Å². The molecule has 0 unspecified atom stereocenters. The van der Waals surface area contributed by atoms with Gasteiger partial charge in [0.1, 0.15) is 29.3 Å². The Morgan fingerprint density at radius 3 is 2.83 bits per heavy atom. The monoisotopic (exact) mass is 498 g/mol. The number of piperazine rings is 1. The Morgan fingerprint density at radius 2 is 2.10 bits per heavy atom. The molecule has 1 aromatic carbocycles. The molecule has 1 amide bonds. The van der Waals surface area contributed by atoms with Crippen LogP contribution in [-0.4, -0.2) is 57.8 Å². The maximum atomic E-state index is 14.8. The Bertz CT molecular complexity index is 1060. The summed E-state index contributed by atoms with van der Waals surface area (Å²) < 4.78 is 26.8. The zero-order chi connectivity index (χ0) is 21.4. The highest BCUT2D eigenvalue weighted by Gasteiger charge is 2.51. The van der Waals surface area contributed by atoms with Crippen molar-refractivity contribution >= 4 is 50.3 Å². The molecule has 2 saturated heterocycles. The Hall–Kier alpha value is -1.87. The minimum atomic E-state index is -0.569. The van der Waals surface area contributed by atoms with E-state index in [2.05, 4.69) is 30.8 Å². The van der Waals surface area contributed by atoms with Gasteiger partial charge in [-0.3, -0.25) is 4.90 Å². The van der Waals surface area contributed by atoms with Gasteiger partial charge in [0.25, 0.3) is 0 Å². The first-order valence-electron chi connectivity index (χ1n) is 9.90. The summed E-state index contributed by atoms with van der Waals surface area (Å²) in [5.41, 5.74) is -0.447. The quantitative estimate of drug-likeness (QED) is 0.496. The molecule has 7 nitrogen and oxygen atoms in total. The Kier molecular flexibility index (Phi) is 4.56. The fourth-order valence-electron chi connectivity index (χ4n) is 4.75. The zero-order valence-electron chi connectivity index (χ0n) is 16.8. The molecular weight excluding hydrogens is 479 g/mol. The number of amides is 1. The smallest absolute Gasteiger partial charge is 0.410 e. The Morgan fingerprint density at radius 1 is 1.33 bits per heavy atom. The van der Waals surface area contributed by atoms with E-state index in [1.54, 1.807) is 6.07 Å². The second-order valence-corrected chi connectivity index (χ2v) is 10.1. The van der Waals surface area contributed by atoms with Gasteiger partial charge in [-0.2, -0.15) is 4.98 Å². The van der Waals surface area contributed by atoms with Crippen molar-refractivity contribution in [3.05, 3.63) is 21.6 Å². The van der Waals surface area contributed by atoms with E-state index in [0.717, 1.165) is 12.8 Å². The SMILES string of the molecule is CC(C)(C)OC(=O)N1[C@@H]2CC[C@H]1[C@@H]1COc3cc(Br)c(F)c4nc(Cl)nc(c34)N1C2. The van der Waals surface area contributed by atoms with Gasteiger partial charge < -0.3 is 14.4 Å². The molecule has 0 saturated carbocycles. The number of ether oxygens (including phenoxy) is 2. The summed E-state index contributed by atoms with van der Waals surface area (Å²) in [6, 6.07) is 1.33. The van der Waals surface area contributed by atoms with Gasteiger partial charge in [0.2, 0.25) is 5.28 Å². The molecule has 3 aliphatic rings. The number of carbonyl (C=O) groups is 1. The van der Waals surface area contributed by atoms with E-state index in [1.807, 2.05) is 25.7 Å². The van der Waals surface area contributed by atoms with E-state index in [-0.39, 0.29) is 39.5 Å². The van der Waals surface area contributed by atoms with E-state index < -0.39 is 11.4 Å². The van der Waals surface area contributed by atoms with E-state index in [4.69, 9.17) is 21.1 Å². The lowest BCUT2D eigenvalue weighted by atomic mass is 10.0. The molecule has 5 rings (SSSR count). The number of benzene rings is 1. The third kappa shape index (κ3) is 3.09. The topological polar surface area (TPSA) is 67.8 Å². The van der Waals surface area contributed by atoms with Crippen molar-refractivity contribution in [3.63, 3.8) is 0 Å². The molecular formula is C20H21BrClFN4O3. The Labute approximate surface area is 186 Å². The maximum Gasteiger partial charge on any atom is 0.410 e. The lowest BCUT2D eigenvalue weighted by molar-refractivity contribution is 0.00547. The average Bonchev–Trinajstić information content (AvgIpc) is 2.89. The van der Waals surface area contributed by atoms with Crippen molar-refractivity contribution in [1.82, 2.24) is 14.9 Å². The fourth-order valence-corrected chi connectivity index (χ4v) is 5.31. The summed E-state index contributed by atoms with van der Waals surface area (Å²) in [5, 5.41) is 0.482. The molecule has 3 atom stereocenters. The maximum absolute atomic E-state index is 14.8. The minimum Gasteiger partial charge on any atom is -0.490 e. The van der Waals surface area contributed by atoms with Crippen LogP contribution in [0.5, 0.6) is 5.75 Å². The second kappa shape index (κ2) is 6.82. The van der Waals surface area contributed by atoms with Crippen LogP contribution >= 0.6 is 27.5 Å². The molecule has 0 spiro atoms. The van der Waals surface area contributed by atoms with Crippen molar-refractivity contribution in [2.45, 2.75) is 57.3 Å². The fraction of sp³-hybridized carbons (Fsp3) is 0.550. The number of hydrogen-bond donors (Lipinski definition) is 0. The van der Waals surface area contributed by atoms with Gasteiger partial charge in [-0.05, 0) is 67.2 Å². The van der Waals surface area contributed by atoms with Crippen LogP contribution in [0.2, 0.25) is 5.28 Å². The summed E-state index contributed by atoms with van der Waals surface area (Å²) in [7, 11) is 0. The van der Waals surface area contributed by atoms with Gasteiger partial charge in [0.15, 0.2) is 5.82 Å². The van der Waals surface area contributed by atoms with Crippen molar-refractivity contribution in [3.8, 4) is 5.75 Å². The van der Waals surface area contributed by atoms with Crippen LogP contribution in [0.15, 0.2) is 10.5 Å². The molecule has 2 aromatic rings. The van der Waals surface area contributed by atoms with Gasteiger partial charge in [-0.1, -0.05) is 0 Å². The van der Waals surface area contributed by atoms with Crippen molar-refractivity contribution in [2.75, 3.05) is 18.1 Å². The van der Waals surface area contributed by atoms with Crippen molar-refractivity contribution < 1.29 is 18.7 Å². The highest BCUT2D eigenvalue weighted by Crippen LogP contribution is 2.45. The van der Waals surface area contributed by atoms with Crippen LogP contribution in [0, 0.1) is 5.82 Å². The molecule has 1 aromatic heterocycles. The van der Waals surface area contributed by atoms with Crippen LogP contribution in [-0.2, 0) is 4.74 Å². The molecule has 4 heterocycles. The van der Waals surface area contributed by atoms with Gasteiger partial charge in [0, 0.05) is 6.54 Å². The number of fused-ring (bicyclic) bond motifs is 5. The van der Waals surface area contributed by atoms with Crippen LogP contribution in [0.3, 0.4) is 0 Å². The third-order valence-corrected chi connectivity index (χ3v) is 6.61. The minimum absolute atomic E-state index is 0.0215. The average molecular weight is 500 g/mol. The van der Waals surface area contributed by atoms with Gasteiger partial charge >= 0.3 is 6.09 Å². The number of aromatic nitrogens is 2. The lowest BCUT2D eigenvalue weighted by Gasteiger charge is -2.46. The zero-order valence-corrected chi connectivity index (χ0v) is 19.1. The standard InChI is InChI=1S/C20H21BrClFN4O3/c1-20(2,3)30-19(28)27-9-4-5-11(27)12-8-29-13-6-10(21)15(23)16-14(13)17(26(12)7-9)25-18(22)24-16/h6,9,11-12H,4-5,7-8H2,1-3H3/t9-,11+,12+/m1/s1. The third-order valence-electron chi connectivity index (χ3n) is 5.87. The second-order valence-electron chi connectivity index (χ2n) is 8.93. The summed E-state index contributed by atoms with van der Waals surface area (Å²) in [5.74, 6) is 0.547. The first kappa shape index (κ1) is 20.1. The van der Waals surface area contributed by atoms with Crippen LogP contribution in [0.25, 0.3) is 10.9 Å². The normalized spacial score (nSPS) is 25.1. The van der Waals surface area contributed by atoms with Crippen LogP contribution < -0.4 is 9.64 Å². The molecule has 160 valence electrons. The number of halogens is 3.